The van der Waals surface area contributed by atoms with Crippen LogP contribution < -0.4 is 11.1 Å². The van der Waals surface area contributed by atoms with Crippen LogP contribution in [0.5, 0.6) is 0 Å². The first-order chi connectivity index (χ1) is 18.3. The molecule has 1 heterocycles. The quantitative estimate of drug-likeness (QED) is 0.199. The molecule has 4 N–H and O–H groups in total. The first-order valence-corrected chi connectivity index (χ1v) is 13.8. The Hall–Kier alpha value is -2.99. The largest absolute Gasteiger partial charge is 0.480 e. The Morgan fingerprint density at radius 1 is 1.02 bits per heavy atom. The number of carboxylic acids is 1. The highest BCUT2D eigenvalue weighted by Crippen LogP contribution is 2.17. The van der Waals surface area contributed by atoms with E-state index in [4.69, 9.17) is 20.3 Å². The van der Waals surface area contributed by atoms with Crippen molar-refractivity contribution >= 4 is 23.8 Å². The van der Waals surface area contributed by atoms with Crippen molar-refractivity contribution in [2.45, 2.75) is 117 Å². The number of nitrogens with zero attached hydrogens (tertiary/aromatic N) is 3. The maximum Gasteiger partial charge on any atom is 0.326 e. The molecule has 0 aliphatic heterocycles. The molecule has 0 aliphatic carbocycles. The molecule has 0 aliphatic rings. The highest BCUT2D eigenvalue weighted by atomic mass is 16.6. The third kappa shape index (κ3) is 13.9. The predicted molar refractivity (Wildman–Crippen MR) is 150 cm³/mol. The zero-order valence-corrected chi connectivity index (χ0v) is 25.4. The van der Waals surface area contributed by atoms with Crippen molar-refractivity contribution in [2.75, 3.05) is 19.6 Å². The summed E-state index contributed by atoms with van der Waals surface area (Å²) in [6.07, 6.45) is 6.48. The molecule has 1 aromatic heterocycles. The number of carbonyl (C=O) groups excluding carboxylic acids is 3. The van der Waals surface area contributed by atoms with E-state index in [-0.39, 0.29) is 25.2 Å². The molecule has 0 saturated carbocycles. The minimum atomic E-state index is -0.997. The average molecular weight is 568 g/mol. The Kier molecular flexibility index (Phi) is 13.3. The third-order valence-electron chi connectivity index (χ3n) is 6.08. The molecule has 0 radical (unpaired) electrons. The van der Waals surface area contributed by atoms with Crippen molar-refractivity contribution in [3.05, 3.63) is 18.2 Å². The molecular formula is C28H49N5O7. The molecule has 0 aromatic carbocycles. The van der Waals surface area contributed by atoms with Gasteiger partial charge in [-0.05, 0) is 74.3 Å². The van der Waals surface area contributed by atoms with E-state index in [0.29, 0.717) is 31.6 Å². The number of rotatable bonds is 16. The van der Waals surface area contributed by atoms with E-state index in [1.165, 1.54) is 0 Å². The molecule has 0 bridgehead atoms. The number of hydrogen-bond donors (Lipinski definition) is 3. The molecule has 12 heteroatoms. The summed E-state index contributed by atoms with van der Waals surface area (Å²) >= 11 is 0. The summed E-state index contributed by atoms with van der Waals surface area (Å²) in [6, 6.07) is -0.854. The molecule has 0 saturated heterocycles. The Bertz CT molecular complexity index is 966. The van der Waals surface area contributed by atoms with Gasteiger partial charge in [0.1, 0.15) is 42.7 Å². The Morgan fingerprint density at radius 3 is 2.05 bits per heavy atom. The number of unbranched alkanes of at least 4 members (excludes halogenated alkanes) is 1. The summed E-state index contributed by atoms with van der Waals surface area (Å²) < 4.78 is 12.5. The number of aromatic nitrogens is 2. The molecule has 12 nitrogen and oxygen atoms in total. The lowest BCUT2D eigenvalue weighted by molar-refractivity contribution is -0.164. The molecule has 0 fully saturated rings. The Morgan fingerprint density at radius 2 is 1.57 bits per heavy atom. The van der Waals surface area contributed by atoms with E-state index in [1.54, 1.807) is 58.5 Å². The molecule has 0 spiro atoms. The number of nitrogens with one attached hydrogen (secondary N) is 1. The number of esters is 2. The van der Waals surface area contributed by atoms with E-state index in [1.807, 2.05) is 0 Å². The van der Waals surface area contributed by atoms with Gasteiger partial charge in [0, 0.05) is 24.4 Å². The standard InChI is InChI=1S/C28H49N5O7/c1-9-28(8,31-13-11-10-12-20(29)25(37)38)16-21-30-14-15-32(21)17-22(34)33(18-23(35)39-26(2,3)4)19-24(36)40-27(5,6)7/h14-15,20,31H,9-13,16-19,29H2,1-8H3,(H,37,38)/t20-,28?/m0/s1. The lowest BCUT2D eigenvalue weighted by Crippen LogP contribution is -2.46. The van der Waals surface area contributed by atoms with Crippen molar-refractivity contribution in [3.8, 4) is 0 Å². The summed E-state index contributed by atoms with van der Waals surface area (Å²) in [4.78, 5) is 54.9. The van der Waals surface area contributed by atoms with Crippen molar-refractivity contribution in [3.63, 3.8) is 0 Å². The Labute approximate surface area is 238 Å². The van der Waals surface area contributed by atoms with E-state index in [9.17, 15) is 19.2 Å². The van der Waals surface area contributed by atoms with Crippen LogP contribution in [0.25, 0.3) is 0 Å². The van der Waals surface area contributed by atoms with Gasteiger partial charge in [0.05, 0.1) is 0 Å². The zero-order valence-electron chi connectivity index (χ0n) is 25.4. The van der Waals surface area contributed by atoms with Crippen LogP contribution >= 0.6 is 0 Å². The van der Waals surface area contributed by atoms with Crippen molar-refractivity contribution < 1.29 is 33.8 Å². The van der Waals surface area contributed by atoms with Crippen molar-refractivity contribution in [1.82, 2.24) is 19.8 Å². The lowest BCUT2D eigenvalue weighted by Gasteiger charge is -2.30. The van der Waals surface area contributed by atoms with Crippen LogP contribution in [0.15, 0.2) is 12.4 Å². The zero-order chi connectivity index (χ0) is 30.7. The second-order valence-corrected chi connectivity index (χ2v) is 12.4. The Balaban J connectivity index is 2.91. The first-order valence-electron chi connectivity index (χ1n) is 13.8. The second-order valence-electron chi connectivity index (χ2n) is 12.4. The van der Waals surface area contributed by atoms with Crippen LogP contribution in [0.3, 0.4) is 0 Å². The van der Waals surface area contributed by atoms with E-state index in [0.717, 1.165) is 17.7 Å². The molecular weight excluding hydrogens is 518 g/mol. The predicted octanol–water partition coefficient (Wildman–Crippen LogP) is 2.28. The second kappa shape index (κ2) is 15.1. The smallest absolute Gasteiger partial charge is 0.326 e. The van der Waals surface area contributed by atoms with Gasteiger partial charge >= 0.3 is 17.9 Å². The number of nitrogens with two attached hydrogens (primary N) is 1. The topological polar surface area (TPSA) is 166 Å². The fraction of sp³-hybridized carbons (Fsp3) is 0.750. The lowest BCUT2D eigenvalue weighted by atomic mass is 9.93. The fourth-order valence-corrected chi connectivity index (χ4v) is 3.85. The van der Waals surface area contributed by atoms with Crippen molar-refractivity contribution in [1.29, 1.82) is 0 Å². The van der Waals surface area contributed by atoms with Crippen LogP contribution in [-0.2, 0) is 41.6 Å². The van der Waals surface area contributed by atoms with Gasteiger partial charge in [0.15, 0.2) is 0 Å². The number of hydrogen-bond acceptors (Lipinski definition) is 9. The number of carbonyl (C=O) groups is 4. The van der Waals surface area contributed by atoms with E-state index < -0.39 is 41.1 Å². The number of carboxylic acid groups (broad SMARTS) is 1. The molecule has 40 heavy (non-hydrogen) atoms. The van der Waals surface area contributed by atoms with Gasteiger partial charge in [-0.2, -0.15) is 0 Å². The highest BCUT2D eigenvalue weighted by Gasteiger charge is 2.28. The number of ether oxygens (including phenoxy) is 2. The van der Waals surface area contributed by atoms with E-state index in [2.05, 4.69) is 24.1 Å². The van der Waals surface area contributed by atoms with Crippen molar-refractivity contribution in [2.24, 2.45) is 5.73 Å². The monoisotopic (exact) mass is 567 g/mol. The third-order valence-corrected chi connectivity index (χ3v) is 6.08. The van der Waals surface area contributed by atoms with Gasteiger partial charge in [-0.25, -0.2) is 4.98 Å². The fourth-order valence-electron chi connectivity index (χ4n) is 3.85. The molecule has 2 atom stereocenters. The summed E-state index contributed by atoms with van der Waals surface area (Å²) in [5, 5.41) is 12.5. The molecule has 1 rings (SSSR count). The van der Waals surface area contributed by atoms with Gasteiger partial charge < -0.3 is 35.1 Å². The molecule has 228 valence electrons. The minimum Gasteiger partial charge on any atom is -0.480 e. The van der Waals surface area contributed by atoms with Crippen LogP contribution in [0.1, 0.15) is 86.9 Å². The maximum absolute atomic E-state index is 13.3. The van der Waals surface area contributed by atoms with Gasteiger partial charge in [-0.15, -0.1) is 0 Å². The maximum atomic E-state index is 13.3. The van der Waals surface area contributed by atoms with Gasteiger partial charge in [-0.3, -0.25) is 19.2 Å². The SMILES string of the molecule is CCC(C)(Cc1nccn1CC(=O)N(CC(=O)OC(C)(C)C)CC(=O)OC(C)(C)C)NCCCC[C@H](N)C(=O)O. The first kappa shape index (κ1) is 35.0. The van der Waals surface area contributed by atoms with Crippen LogP contribution in [0.2, 0.25) is 0 Å². The number of amides is 1. The van der Waals surface area contributed by atoms with Crippen LogP contribution in [0, 0.1) is 0 Å². The molecule has 1 unspecified atom stereocenters. The number of aliphatic carboxylic acids is 1. The number of imidazole rings is 1. The van der Waals surface area contributed by atoms with Gasteiger partial charge in [0.2, 0.25) is 5.91 Å². The normalized spacial score (nSPS) is 14.2. The summed E-state index contributed by atoms with van der Waals surface area (Å²) in [5.41, 5.74) is 3.76. The average Bonchev–Trinajstić information content (AvgIpc) is 3.21. The summed E-state index contributed by atoms with van der Waals surface area (Å²) in [5.74, 6) is -2.02. The van der Waals surface area contributed by atoms with Crippen LogP contribution in [-0.4, -0.2) is 85.8 Å². The summed E-state index contributed by atoms with van der Waals surface area (Å²) in [7, 11) is 0. The molecule has 1 amide bonds. The van der Waals surface area contributed by atoms with E-state index >= 15 is 0 Å². The minimum absolute atomic E-state index is 0.117. The van der Waals surface area contributed by atoms with Gasteiger partial charge in [0.25, 0.3) is 0 Å². The van der Waals surface area contributed by atoms with Gasteiger partial charge in [-0.1, -0.05) is 13.3 Å². The van der Waals surface area contributed by atoms with Crippen LogP contribution in [0.4, 0.5) is 0 Å². The summed E-state index contributed by atoms with van der Waals surface area (Å²) in [6.45, 7) is 14.3. The molecule has 1 aromatic rings. The highest BCUT2D eigenvalue weighted by molar-refractivity contribution is 5.86.